The lowest BCUT2D eigenvalue weighted by Gasteiger charge is -2.19. The fraction of sp³-hybridized carbons (Fsp3) is 0.471. The number of nitrogens with zero attached hydrogens (tertiary/aromatic N) is 6. The topological polar surface area (TPSA) is 99.7 Å². The lowest BCUT2D eigenvalue weighted by Crippen LogP contribution is -2.41. The summed E-state index contributed by atoms with van der Waals surface area (Å²) in [4.78, 5) is 18.1. The van der Waals surface area contributed by atoms with Gasteiger partial charge in [0.15, 0.2) is 11.6 Å². The van der Waals surface area contributed by atoms with Crippen LogP contribution in [0.25, 0.3) is 0 Å². The molecule has 0 unspecified atom stereocenters. The minimum atomic E-state index is -0.550. The first kappa shape index (κ1) is 16.4. The third-order valence-corrected chi connectivity index (χ3v) is 4.84. The number of carbonyl (C=O) groups excluding carboxylic acids is 1. The zero-order chi connectivity index (χ0) is 18.1. The second kappa shape index (κ2) is 6.71. The molecule has 2 atom stereocenters. The number of nitriles is 1. The molecule has 0 spiro atoms. The molecule has 2 fully saturated rings. The Labute approximate surface area is 149 Å². The average Bonchev–Trinajstić information content (AvgIpc) is 3.10. The number of hydrogen-bond acceptors (Lipinski definition) is 6. The number of pyridine rings is 1. The molecule has 3 heterocycles. The summed E-state index contributed by atoms with van der Waals surface area (Å²) < 4.78 is 16.0. The van der Waals surface area contributed by atoms with Gasteiger partial charge in [0, 0.05) is 31.9 Å². The van der Waals surface area contributed by atoms with Gasteiger partial charge in [-0.15, -0.1) is 5.10 Å². The molecule has 0 aromatic carbocycles. The monoisotopic (exact) mass is 355 g/mol. The third-order valence-electron chi connectivity index (χ3n) is 4.84. The maximum Gasteiger partial charge on any atom is 0.220 e. The standard InChI is InChI=1S/C17H18FN7O/c18-13-5-12(7-19)8-20-17(13)24-9-14(22-16(26)6-11-1-2-11)15(10-24)25-4-3-21-23-25/h3-5,8,11,14-15H,1-2,6,9-10H2,(H,22,26)/t14-,15+/m1/s1. The zero-order valence-corrected chi connectivity index (χ0v) is 14.0. The molecule has 26 heavy (non-hydrogen) atoms. The number of aromatic nitrogens is 4. The van der Waals surface area contributed by atoms with Crippen LogP contribution in [0, 0.1) is 23.1 Å². The van der Waals surface area contributed by atoms with Crippen LogP contribution in [0.1, 0.15) is 30.9 Å². The Bertz CT molecular complexity index is 843. The van der Waals surface area contributed by atoms with Crippen LogP contribution in [0.3, 0.4) is 0 Å². The number of amides is 1. The largest absolute Gasteiger partial charge is 0.350 e. The first-order valence-electron chi connectivity index (χ1n) is 8.60. The Morgan fingerprint density at radius 3 is 2.92 bits per heavy atom. The molecule has 9 heteroatoms. The maximum absolute atomic E-state index is 14.4. The van der Waals surface area contributed by atoms with Crippen molar-refractivity contribution < 1.29 is 9.18 Å². The summed E-state index contributed by atoms with van der Waals surface area (Å²) in [6.07, 6.45) is 7.41. The van der Waals surface area contributed by atoms with Crippen molar-refractivity contribution in [2.24, 2.45) is 5.92 Å². The lowest BCUT2D eigenvalue weighted by molar-refractivity contribution is -0.122. The van der Waals surface area contributed by atoms with Gasteiger partial charge in [0.05, 0.1) is 23.8 Å². The van der Waals surface area contributed by atoms with Gasteiger partial charge < -0.3 is 10.2 Å². The molecule has 4 rings (SSSR count). The molecule has 134 valence electrons. The summed E-state index contributed by atoms with van der Waals surface area (Å²) >= 11 is 0. The summed E-state index contributed by atoms with van der Waals surface area (Å²) in [5.74, 6) is 0.132. The molecule has 2 aromatic rings. The van der Waals surface area contributed by atoms with E-state index in [-0.39, 0.29) is 29.4 Å². The number of nitrogens with one attached hydrogen (secondary N) is 1. The predicted molar refractivity (Wildman–Crippen MR) is 89.5 cm³/mol. The minimum absolute atomic E-state index is 0.0118. The zero-order valence-electron chi connectivity index (χ0n) is 14.0. The fourth-order valence-electron chi connectivity index (χ4n) is 3.34. The van der Waals surface area contributed by atoms with E-state index in [0.29, 0.717) is 25.4 Å². The summed E-state index contributed by atoms with van der Waals surface area (Å²) in [7, 11) is 0. The van der Waals surface area contributed by atoms with Gasteiger partial charge in [-0.2, -0.15) is 5.26 Å². The summed E-state index contributed by atoms with van der Waals surface area (Å²) in [6, 6.07) is 2.66. The number of carbonyl (C=O) groups is 1. The van der Waals surface area contributed by atoms with Crippen molar-refractivity contribution in [1.82, 2.24) is 25.3 Å². The second-order valence-electron chi connectivity index (χ2n) is 6.82. The first-order valence-corrected chi connectivity index (χ1v) is 8.60. The van der Waals surface area contributed by atoms with Crippen LogP contribution in [0.5, 0.6) is 0 Å². The van der Waals surface area contributed by atoms with Gasteiger partial charge in [0.25, 0.3) is 0 Å². The molecule has 0 radical (unpaired) electrons. The van der Waals surface area contributed by atoms with E-state index in [1.54, 1.807) is 22.0 Å². The molecular weight excluding hydrogens is 337 g/mol. The van der Waals surface area contributed by atoms with Crippen LogP contribution >= 0.6 is 0 Å². The maximum atomic E-state index is 14.4. The number of anilines is 1. The van der Waals surface area contributed by atoms with E-state index in [4.69, 9.17) is 5.26 Å². The molecule has 8 nitrogen and oxygen atoms in total. The van der Waals surface area contributed by atoms with Crippen molar-refractivity contribution in [2.75, 3.05) is 18.0 Å². The second-order valence-corrected chi connectivity index (χ2v) is 6.82. The Morgan fingerprint density at radius 1 is 1.42 bits per heavy atom. The van der Waals surface area contributed by atoms with Crippen LogP contribution < -0.4 is 10.2 Å². The van der Waals surface area contributed by atoms with Crippen molar-refractivity contribution in [1.29, 1.82) is 5.26 Å². The molecule has 2 aromatic heterocycles. The van der Waals surface area contributed by atoms with Gasteiger partial charge in [-0.1, -0.05) is 5.21 Å². The van der Waals surface area contributed by atoms with E-state index in [9.17, 15) is 9.18 Å². The van der Waals surface area contributed by atoms with Crippen LogP contribution in [-0.4, -0.2) is 45.0 Å². The third kappa shape index (κ3) is 3.35. The first-order chi connectivity index (χ1) is 12.6. The quantitative estimate of drug-likeness (QED) is 0.860. The minimum Gasteiger partial charge on any atom is -0.350 e. The summed E-state index contributed by atoms with van der Waals surface area (Å²) in [5, 5.41) is 19.8. The number of hydrogen-bond donors (Lipinski definition) is 1. The van der Waals surface area contributed by atoms with Crippen LogP contribution in [-0.2, 0) is 4.79 Å². The lowest BCUT2D eigenvalue weighted by atomic mass is 10.1. The normalized spacial score (nSPS) is 22.2. The highest BCUT2D eigenvalue weighted by molar-refractivity contribution is 5.77. The molecule has 1 N–H and O–H groups in total. The summed E-state index contributed by atoms with van der Waals surface area (Å²) in [6.45, 7) is 0.851. The van der Waals surface area contributed by atoms with Crippen LogP contribution in [0.2, 0.25) is 0 Å². The number of halogens is 1. The van der Waals surface area contributed by atoms with Gasteiger partial charge in [-0.05, 0) is 24.8 Å². The van der Waals surface area contributed by atoms with E-state index < -0.39 is 5.82 Å². The Kier molecular flexibility index (Phi) is 4.24. The van der Waals surface area contributed by atoms with E-state index in [2.05, 4.69) is 20.6 Å². The molecule has 1 amide bonds. The Balaban J connectivity index is 1.54. The van der Waals surface area contributed by atoms with Crippen molar-refractivity contribution in [2.45, 2.75) is 31.3 Å². The molecule has 1 saturated heterocycles. The molecular formula is C17H18FN7O. The van der Waals surface area contributed by atoms with Crippen LogP contribution in [0.15, 0.2) is 24.7 Å². The molecule has 0 bridgehead atoms. The van der Waals surface area contributed by atoms with Crippen LogP contribution in [0.4, 0.5) is 10.2 Å². The van der Waals surface area contributed by atoms with Gasteiger partial charge in [0.2, 0.25) is 5.91 Å². The van der Waals surface area contributed by atoms with E-state index in [0.717, 1.165) is 12.8 Å². The summed E-state index contributed by atoms with van der Waals surface area (Å²) in [5.41, 5.74) is 0.174. The van der Waals surface area contributed by atoms with Gasteiger partial charge in [-0.3, -0.25) is 4.79 Å². The average molecular weight is 355 g/mol. The van der Waals surface area contributed by atoms with Crippen molar-refractivity contribution in [3.05, 3.63) is 36.0 Å². The van der Waals surface area contributed by atoms with Gasteiger partial charge >= 0.3 is 0 Å². The Hall–Kier alpha value is -3.02. The van der Waals surface area contributed by atoms with E-state index >= 15 is 0 Å². The Morgan fingerprint density at radius 2 is 2.27 bits per heavy atom. The molecule has 1 aliphatic heterocycles. The SMILES string of the molecule is N#Cc1cnc(N2C[C@@H](NC(=O)CC3CC3)[C@@H](n3ccnn3)C2)c(F)c1. The van der Waals surface area contributed by atoms with Gasteiger partial charge in [0.1, 0.15) is 6.07 Å². The fourth-order valence-corrected chi connectivity index (χ4v) is 3.34. The highest BCUT2D eigenvalue weighted by atomic mass is 19.1. The van der Waals surface area contributed by atoms with Gasteiger partial charge in [-0.25, -0.2) is 14.1 Å². The number of rotatable bonds is 5. The van der Waals surface area contributed by atoms with Crippen molar-refractivity contribution in [3.8, 4) is 6.07 Å². The van der Waals surface area contributed by atoms with Crippen molar-refractivity contribution in [3.63, 3.8) is 0 Å². The van der Waals surface area contributed by atoms with E-state index in [1.165, 1.54) is 12.3 Å². The molecule has 2 aliphatic rings. The highest BCUT2D eigenvalue weighted by Gasteiger charge is 2.38. The predicted octanol–water partition coefficient (Wildman–Crippen LogP) is 1.03. The molecule has 1 saturated carbocycles. The highest BCUT2D eigenvalue weighted by Crippen LogP contribution is 2.33. The smallest absolute Gasteiger partial charge is 0.220 e. The van der Waals surface area contributed by atoms with E-state index in [1.807, 2.05) is 6.07 Å². The molecule has 1 aliphatic carbocycles. The van der Waals surface area contributed by atoms with Crippen molar-refractivity contribution >= 4 is 11.7 Å².